The van der Waals surface area contributed by atoms with Crippen molar-refractivity contribution in [2.45, 2.75) is 53.2 Å². The molecule has 0 aliphatic rings. The summed E-state index contributed by atoms with van der Waals surface area (Å²) in [4.78, 5) is 34.7. The summed E-state index contributed by atoms with van der Waals surface area (Å²) in [6.45, 7) is 9.96. The van der Waals surface area contributed by atoms with E-state index < -0.39 is 34.7 Å². The number of amides is 1. The van der Waals surface area contributed by atoms with Crippen LogP contribution in [0.3, 0.4) is 0 Å². The lowest BCUT2D eigenvalue weighted by Gasteiger charge is -2.22. The fourth-order valence-corrected chi connectivity index (χ4v) is 1.08. The van der Waals surface area contributed by atoms with E-state index in [0.29, 0.717) is 0 Å². The maximum absolute atomic E-state index is 11.6. The fraction of sp³-hybridized carbons (Fsp3) is 0.769. The molecule has 0 heterocycles. The zero-order valence-electron chi connectivity index (χ0n) is 12.5. The van der Waals surface area contributed by atoms with E-state index in [9.17, 15) is 14.4 Å². The van der Waals surface area contributed by atoms with Crippen molar-refractivity contribution in [3.05, 3.63) is 0 Å². The van der Waals surface area contributed by atoms with Crippen LogP contribution in [-0.2, 0) is 19.1 Å². The number of Topliss-reactive ketones (excluding diaryl/α,β-unsaturated/α-hetero) is 1. The molecule has 0 unspecified atom stereocenters. The van der Waals surface area contributed by atoms with Gasteiger partial charge in [0.05, 0.1) is 0 Å². The zero-order valence-corrected chi connectivity index (χ0v) is 12.5. The van der Waals surface area contributed by atoms with Gasteiger partial charge in [0.15, 0.2) is 0 Å². The molecule has 0 saturated carbocycles. The van der Waals surface area contributed by atoms with E-state index >= 15 is 0 Å². The second-order valence-corrected chi connectivity index (χ2v) is 6.43. The number of ketones is 1. The van der Waals surface area contributed by atoms with Gasteiger partial charge in [-0.25, -0.2) is 0 Å². The molecule has 0 fully saturated rings. The van der Waals surface area contributed by atoms with E-state index in [1.54, 1.807) is 41.5 Å². The van der Waals surface area contributed by atoms with Gasteiger partial charge in [-0.2, -0.15) is 0 Å². The van der Waals surface area contributed by atoms with Gasteiger partial charge in [0.25, 0.3) is 5.91 Å². The number of nitrogens with two attached hydrogens (primary N) is 1. The van der Waals surface area contributed by atoms with E-state index in [-0.39, 0.29) is 6.54 Å². The first-order chi connectivity index (χ1) is 8.34. The van der Waals surface area contributed by atoms with Crippen LogP contribution >= 0.6 is 0 Å². The lowest BCUT2D eigenvalue weighted by molar-refractivity contribution is -0.156. The smallest absolute Gasteiger partial charge is 0.325 e. The first-order valence-corrected chi connectivity index (χ1v) is 6.15. The molecule has 0 aliphatic carbocycles. The minimum Gasteiger partial charge on any atom is -0.459 e. The molecule has 19 heavy (non-hydrogen) atoms. The first kappa shape index (κ1) is 17.6. The Morgan fingerprint density at radius 3 is 1.95 bits per heavy atom. The van der Waals surface area contributed by atoms with Gasteiger partial charge >= 0.3 is 5.97 Å². The zero-order chi connectivity index (χ0) is 15.4. The molecule has 6 nitrogen and oxygen atoms in total. The van der Waals surface area contributed by atoms with Crippen molar-refractivity contribution in [2.75, 3.05) is 6.54 Å². The summed E-state index contributed by atoms with van der Waals surface area (Å²) in [6, 6.07) is -0.990. The van der Waals surface area contributed by atoms with Crippen LogP contribution < -0.4 is 11.1 Å². The Bertz CT molecular complexity index is 364. The van der Waals surface area contributed by atoms with Crippen LogP contribution in [-0.4, -0.2) is 35.8 Å². The normalized spacial score (nSPS) is 13.6. The maximum Gasteiger partial charge on any atom is 0.325 e. The number of carbonyl (C=O) groups excluding carboxylic acids is 3. The van der Waals surface area contributed by atoms with Crippen LogP contribution in [0, 0.1) is 5.41 Å². The molecular formula is C13H24N2O4. The minimum absolute atomic E-state index is 0.129. The van der Waals surface area contributed by atoms with Gasteiger partial charge in [-0.15, -0.1) is 0 Å². The summed E-state index contributed by atoms with van der Waals surface area (Å²) < 4.78 is 5.06. The van der Waals surface area contributed by atoms with Crippen LogP contribution in [0.2, 0.25) is 0 Å². The Kier molecular flexibility index (Phi) is 5.68. The summed E-state index contributed by atoms with van der Waals surface area (Å²) in [7, 11) is 0. The third-order valence-corrected chi connectivity index (χ3v) is 2.08. The lowest BCUT2D eigenvalue weighted by atomic mass is 9.90. The topological polar surface area (TPSA) is 98.5 Å². The van der Waals surface area contributed by atoms with E-state index in [0.717, 1.165) is 0 Å². The molecule has 6 heteroatoms. The molecule has 0 aromatic carbocycles. The molecule has 0 bridgehead atoms. The molecule has 0 rings (SSSR count). The van der Waals surface area contributed by atoms with Crippen molar-refractivity contribution in [1.82, 2.24) is 5.32 Å². The molecular weight excluding hydrogens is 248 g/mol. The Morgan fingerprint density at radius 1 is 1.11 bits per heavy atom. The van der Waals surface area contributed by atoms with Crippen LogP contribution in [0.4, 0.5) is 0 Å². The number of hydrogen-bond acceptors (Lipinski definition) is 5. The van der Waals surface area contributed by atoms with E-state index in [1.807, 2.05) is 0 Å². The molecule has 1 amide bonds. The van der Waals surface area contributed by atoms with Gasteiger partial charge < -0.3 is 15.8 Å². The Labute approximate surface area is 114 Å². The Balaban J connectivity index is 4.31. The highest BCUT2D eigenvalue weighted by atomic mass is 16.6. The Hall–Kier alpha value is -1.43. The van der Waals surface area contributed by atoms with Crippen LogP contribution in [0.1, 0.15) is 41.5 Å². The van der Waals surface area contributed by atoms with Crippen molar-refractivity contribution < 1.29 is 19.1 Å². The summed E-state index contributed by atoms with van der Waals surface area (Å²) in [5, 5.41) is 2.34. The number of ether oxygens (including phenoxy) is 1. The quantitative estimate of drug-likeness (QED) is 0.569. The minimum atomic E-state index is -0.990. The number of nitrogens with one attached hydrogen (secondary N) is 1. The van der Waals surface area contributed by atoms with Gasteiger partial charge in [0, 0.05) is 12.0 Å². The van der Waals surface area contributed by atoms with Gasteiger partial charge in [0.1, 0.15) is 11.6 Å². The van der Waals surface area contributed by atoms with E-state index in [2.05, 4.69) is 5.32 Å². The number of carbonyl (C=O) groups is 3. The third kappa shape index (κ3) is 6.91. The average Bonchev–Trinajstić information content (AvgIpc) is 2.20. The van der Waals surface area contributed by atoms with Crippen molar-refractivity contribution in [2.24, 2.45) is 11.1 Å². The number of hydrogen-bond donors (Lipinski definition) is 2. The molecule has 0 radical (unpaired) electrons. The predicted octanol–water partition coefficient (Wildman–Crippen LogP) is 0.387. The maximum atomic E-state index is 11.6. The molecule has 0 saturated heterocycles. The van der Waals surface area contributed by atoms with Crippen molar-refractivity contribution in [3.63, 3.8) is 0 Å². The second-order valence-electron chi connectivity index (χ2n) is 6.43. The number of rotatable bonds is 4. The van der Waals surface area contributed by atoms with Crippen LogP contribution in [0.15, 0.2) is 0 Å². The van der Waals surface area contributed by atoms with E-state index in [4.69, 9.17) is 10.5 Å². The number of esters is 1. The molecule has 0 aromatic heterocycles. The molecule has 0 aromatic rings. The highest BCUT2D eigenvalue weighted by Crippen LogP contribution is 2.14. The van der Waals surface area contributed by atoms with Gasteiger partial charge in [-0.05, 0) is 20.8 Å². The fourth-order valence-electron chi connectivity index (χ4n) is 1.08. The second kappa shape index (κ2) is 6.14. The van der Waals surface area contributed by atoms with Gasteiger partial charge in [-0.1, -0.05) is 20.8 Å². The lowest BCUT2D eigenvalue weighted by Crippen LogP contribution is -2.48. The summed E-state index contributed by atoms with van der Waals surface area (Å²) in [5.74, 6) is -1.91. The van der Waals surface area contributed by atoms with Crippen molar-refractivity contribution >= 4 is 17.7 Å². The highest BCUT2D eigenvalue weighted by molar-refractivity contribution is 6.37. The molecule has 0 aliphatic heterocycles. The first-order valence-electron chi connectivity index (χ1n) is 6.15. The predicted molar refractivity (Wildman–Crippen MR) is 71.3 cm³/mol. The van der Waals surface area contributed by atoms with Crippen LogP contribution in [0.25, 0.3) is 0 Å². The SMILES string of the molecule is CC(C)(C)OC(=O)[C@@H](N)CNC(=O)C(=O)C(C)(C)C. The van der Waals surface area contributed by atoms with Gasteiger partial charge in [0.2, 0.25) is 5.78 Å². The molecule has 0 spiro atoms. The monoisotopic (exact) mass is 272 g/mol. The Morgan fingerprint density at radius 2 is 1.58 bits per heavy atom. The average molecular weight is 272 g/mol. The van der Waals surface area contributed by atoms with E-state index in [1.165, 1.54) is 0 Å². The summed E-state index contributed by atoms with van der Waals surface area (Å²) in [6.07, 6.45) is 0. The molecule has 3 N–H and O–H groups in total. The van der Waals surface area contributed by atoms with Crippen LogP contribution in [0.5, 0.6) is 0 Å². The third-order valence-electron chi connectivity index (χ3n) is 2.08. The largest absolute Gasteiger partial charge is 0.459 e. The highest BCUT2D eigenvalue weighted by Gasteiger charge is 2.29. The summed E-state index contributed by atoms with van der Waals surface area (Å²) in [5.41, 5.74) is 4.18. The molecule has 110 valence electrons. The van der Waals surface area contributed by atoms with Crippen molar-refractivity contribution in [1.29, 1.82) is 0 Å². The van der Waals surface area contributed by atoms with Gasteiger partial charge in [-0.3, -0.25) is 14.4 Å². The van der Waals surface area contributed by atoms with Crippen molar-refractivity contribution in [3.8, 4) is 0 Å². The molecule has 1 atom stereocenters. The summed E-state index contributed by atoms with van der Waals surface area (Å²) >= 11 is 0. The standard InChI is InChI=1S/C13H24N2O4/c1-12(2,3)9(16)10(17)15-7-8(14)11(18)19-13(4,5)6/h8H,7,14H2,1-6H3,(H,15,17)/t8-/m0/s1.